The van der Waals surface area contributed by atoms with Gasteiger partial charge < -0.3 is 29.9 Å². The second-order valence-electron chi connectivity index (χ2n) is 1.88. The number of aliphatic hydroxyl groups is 4. The Kier molecular flexibility index (Phi) is 40.5. The number of hydrogen-bond donors (Lipinski definition) is 4. The van der Waals surface area contributed by atoms with Crippen LogP contribution in [0.15, 0.2) is 0 Å². The first-order chi connectivity index (χ1) is 6.74. The summed E-state index contributed by atoms with van der Waals surface area (Å²) in [5, 5.41) is 30.5. The molecule has 6 heteroatoms. The summed E-state index contributed by atoms with van der Waals surface area (Å²) in [4.78, 5) is 0. The summed E-state index contributed by atoms with van der Waals surface area (Å²) in [6.45, 7) is 0.882. The van der Waals surface area contributed by atoms with Crippen LogP contribution >= 0.6 is 0 Å². The largest absolute Gasteiger partial charge is 0.394 e. The van der Waals surface area contributed by atoms with E-state index in [9.17, 15) is 0 Å². The molecule has 0 aliphatic rings. The van der Waals surface area contributed by atoms with Gasteiger partial charge in [0, 0.05) is 14.2 Å². The third-order valence-corrected chi connectivity index (χ3v) is 0.692. The molecule has 0 saturated heterocycles. The fourth-order valence-electron chi connectivity index (χ4n) is 0.167. The van der Waals surface area contributed by atoms with Gasteiger partial charge in [0.25, 0.3) is 0 Å². The van der Waals surface area contributed by atoms with E-state index in [1.807, 2.05) is 0 Å². The average Bonchev–Trinajstić information content (AvgIpc) is 2.27. The monoisotopic (exact) mass is 214 g/mol. The molecule has 0 aromatic rings. The minimum absolute atomic E-state index is 0.125. The quantitative estimate of drug-likeness (QED) is 0.404. The summed E-state index contributed by atoms with van der Waals surface area (Å²) < 4.78 is 9.31. The Bertz CT molecular complexity index is 49.8. The van der Waals surface area contributed by atoms with Crippen molar-refractivity contribution in [1.82, 2.24) is 0 Å². The summed E-state index contributed by atoms with van der Waals surface area (Å²) >= 11 is 0. The number of rotatable bonds is 5. The molecule has 0 amide bonds. The maximum absolute atomic E-state index is 7.62. The van der Waals surface area contributed by atoms with Gasteiger partial charge in [-0.2, -0.15) is 0 Å². The molecule has 6 nitrogen and oxygen atoms in total. The zero-order valence-corrected chi connectivity index (χ0v) is 8.85. The van der Waals surface area contributed by atoms with Gasteiger partial charge in [-0.15, -0.1) is 0 Å². The Morgan fingerprint density at radius 1 is 0.643 bits per heavy atom. The predicted molar refractivity (Wildman–Crippen MR) is 52.1 cm³/mol. The molecular weight excluding hydrogens is 192 g/mol. The van der Waals surface area contributed by atoms with Gasteiger partial charge in [0.1, 0.15) is 0 Å². The number of ether oxygens (including phenoxy) is 2. The lowest BCUT2D eigenvalue weighted by Crippen LogP contribution is -1.96. The fourth-order valence-corrected chi connectivity index (χ4v) is 0.167. The minimum atomic E-state index is -0.125. The molecule has 0 aliphatic carbocycles. The highest BCUT2D eigenvalue weighted by Crippen LogP contribution is 1.65. The Morgan fingerprint density at radius 2 is 0.857 bits per heavy atom. The van der Waals surface area contributed by atoms with Gasteiger partial charge in [0.15, 0.2) is 0 Å². The highest BCUT2D eigenvalue weighted by Gasteiger charge is 1.73. The van der Waals surface area contributed by atoms with Crippen LogP contribution in [0.3, 0.4) is 0 Å². The van der Waals surface area contributed by atoms with Gasteiger partial charge in [-0.05, 0) is 0 Å². The van der Waals surface area contributed by atoms with Crippen LogP contribution in [0.2, 0.25) is 0 Å². The lowest BCUT2D eigenvalue weighted by atomic mass is 10.8. The molecule has 90 valence electrons. The molecule has 0 radical (unpaired) electrons. The summed E-state index contributed by atoms with van der Waals surface area (Å²) in [5.74, 6) is 0. The molecular formula is C8H22O6. The van der Waals surface area contributed by atoms with Crippen molar-refractivity contribution in [2.75, 3.05) is 53.9 Å². The van der Waals surface area contributed by atoms with Gasteiger partial charge >= 0.3 is 0 Å². The highest BCUT2D eigenvalue weighted by molar-refractivity contribution is 4.17. The first kappa shape index (κ1) is 19.4. The van der Waals surface area contributed by atoms with E-state index in [2.05, 4.69) is 9.47 Å². The van der Waals surface area contributed by atoms with Crippen molar-refractivity contribution < 1.29 is 29.9 Å². The standard InChI is InChI=1S/C4H10O2.2C2H6O2/c1-5-3-4-6-2;2*3-1-2-4/h3-4H2,1-2H3;2*3-4H,1-2H2. The molecule has 0 heterocycles. The maximum atomic E-state index is 7.62. The van der Waals surface area contributed by atoms with E-state index in [1.165, 1.54) is 0 Å². The van der Waals surface area contributed by atoms with Crippen LogP contribution in [0.25, 0.3) is 0 Å². The molecule has 0 atom stereocenters. The van der Waals surface area contributed by atoms with Crippen LogP contribution in [0.5, 0.6) is 0 Å². The maximum Gasteiger partial charge on any atom is 0.0696 e. The molecule has 4 N–H and O–H groups in total. The number of hydrogen-bond acceptors (Lipinski definition) is 6. The Morgan fingerprint density at radius 3 is 0.929 bits per heavy atom. The van der Waals surface area contributed by atoms with Crippen LogP contribution in [0.4, 0.5) is 0 Å². The summed E-state index contributed by atoms with van der Waals surface area (Å²) in [6, 6.07) is 0. The zero-order chi connectivity index (χ0) is 11.7. The van der Waals surface area contributed by atoms with Gasteiger partial charge in [0.2, 0.25) is 0 Å². The van der Waals surface area contributed by atoms with Crippen molar-refractivity contribution >= 4 is 0 Å². The van der Waals surface area contributed by atoms with E-state index in [4.69, 9.17) is 20.4 Å². The summed E-state index contributed by atoms with van der Waals surface area (Å²) in [5.41, 5.74) is 0. The van der Waals surface area contributed by atoms with E-state index >= 15 is 0 Å². The highest BCUT2D eigenvalue weighted by atomic mass is 16.5. The van der Waals surface area contributed by atoms with Gasteiger partial charge in [-0.3, -0.25) is 0 Å². The normalized spacial score (nSPS) is 8.14. The van der Waals surface area contributed by atoms with Gasteiger partial charge in [-0.1, -0.05) is 0 Å². The van der Waals surface area contributed by atoms with E-state index in [-0.39, 0.29) is 26.4 Å². The van der Waals surface area contributed by atoms with Crippen molar-refractivity contribution in [2.45, 2.75) is 0 Å². The lowest BCUT2D eigenvalue weighted by molar-refractivity contribution is 0.103. The SMILES string of the molecule is COCCOC.OCCO.OCCO. The fraction of sp³-hybridized carbons (Fsp3) is 1.00. The third-order valence-electron chi connectivity index (χ3n) is 0.692. The van der Waals surface area contributed by atoms with Crippen LogP contribution in [-0.4, -0.2) is 74.3 Å². The van der Waals surface area contributed by atoms with E-state index in [0.29, 0.717) is 13.2 Å². The molecule has 0 fully saturated rings. The zero-order valence-electron chi connectivity index (χ0n) is 8.85. The molecule has 0 aromatic heterocycles. The van der Waals surface area contributed by atoms with Crippen LogP contribution in [0.1, 0.15) is 0 Å². The van der Waals surface area contributed by atoms with Crippen LogP contribution in [0, 0.1) is 0 Å². The van der Waals surface area contributed by atoms with Crippen molar-refractivity contribution in [2.24, 2.45) is 0 Å². The molecule has 0 saturated carbocycles. The average molecular weight is 214 g/mol. The molecule has 0 aliphatic heterocycles. The Labute approximate surface area is 84.7 Å². The molecule has 0 rings (SSSR count). The third kappa shape index (κ3) is 60.1. The Balaban J connectivity index is -0.000000135. The second-order valence-corrected chi connectivity index (χ2v) is 1.88. The smallest absolute Gasteiger partial charge is 0.0696 e. The van der Waals surface area contributed by atoms with Crippen molar-refractivity contribution in [3.63, 3.8) is 0 Å². The first-order valence-corrected chi connectivity index (χ1v) is 4.16. The number of methoxy groups -OCH3 is 2. The summed E-state index contributed by atoms with van der Waals surface area (Å²) in [6.07, 6.45) is 0. The van der Waals surface area contributed by atoms with Gasteiger partial charge in [0.05, 0.1) is 39.6 Å². The first-order valence-electron chi connectivity index (χ1n) is 4.16. The molecule has 14 heavy (non-hydrogen) atoms. The van der Waals surface area contributed by atoms with E-state index < -0.39 is 0 Å². The summed E-state index contributed by atoms with van der Waals surface area (Å²) in [7, 11) is 3.30. The van der Waals surface area contributed by atoms with Crippen molar-refractivity contribution in [1.29, 1.82) is 0 Å². The predicted octanol–water partition coefficient (Wildman–Crippen LogP) is -1.78. The van der Waals surface area contributed by atoms with Crippen LogP contribution in [-0.2, 0) is 9.47 Å². The minimum Gasteiger partial charge on any atom is -0.394 e. The number of aliphatic hydroxyl groups excluding tert-OH is 4. The molecule has 0 bridgehead atoms. The Hall–Kier alpha value is -0.240. The van der Waals surface area contributed by atoms with Crippen LogP contribution < -0.4 is 0 Å². The molecule has 0 spiro atoms. The second kappa shape index (κ2) is 29.3. The molecule has 0 unspecified atom stereocenters. The molecule has 0 aromatic carbocycles. The topological polar surface area (TPSA) is 99.4 Å². The van der Waals surface area contributed by atoms with Crippen molar-refractivity contribution in [3.8, 4) is 0 Å². The van der Waals surface area contributed by atoms with Crippen molar-refractivity contribution in [3.05, 3.63) is 0 Å². The van der Waals surface area contributed by atoms with E-state index in [1.54, 1.807) is 14.2 Å². The van der Waals surface area contributed by atoms with E-state index in [0.717, 1.165) is 0 Å². The van der Waals surface area contributed by atoms with Gasteiger partial charge in [-0.25, -0.2) is 0 Å². The lowest BCUT2D eigenvalue weighted by Gasteiger charge is -1.91.